The van der Waals surface area contributed by atoms with Crippen LogP contribution in [0.3, 0.4) is 0 Å². The third-order valence-electron chi connectivity index (χ3n) is 4.40. The molecule has 3 rings (SSSR count). The van der Waals surface area contributed by atoms with Crippen molar-refractivity contribution in [2.75, 3.05) is 13.6 Å². The maximum Gasteiger partial charge on any atom is 0.318 e. The molecule has 2 N–H and O–H groups in total. The Morgan fingerprint density at radius 2 is 2.21 bits per heavy atom. The van der Waals surface area contributed by atoms with Gasteiger partial charge in [-0.1, -0.05) is 12.1 Å². The Kier molecular flexibility index (Phi) is 4.99. The van der Waals surface area contributed by atoms with Gasteiger partial charge in [-0.25, -0.2) is 9.78 Å². The Labute approximate surface area is 145 Å². The Balaban J connectivity index is 1.68. The molecule has 2 heterocycles. The average Bonchev–Trinajstić information content (AvgIpc) is 2.92. The predicted octanol–water partition coefficient (Wildman–Crippen LogP) is 2.67. The van der Waals surface area contributed by atoms with Crippen molar-refractivity contribution in [3.8, 4) is 0 Å². The van der Waals surface area contributed by atoms with Crippen molar-refractivity contribution < 1.29 is 9.59 Å². The lowest BCUT2D eigenvalue weighted by atomic mass is 10.1. The Morgan fingerprint density at radius 1 is 1.42 bits per heavy atom. The van der Waals surface area contributed by atoms with E-state index in [9.17, 15) is 9.59 Å². The molecule has 7 heteroatoms. The molecule has 0 saturated carbocycles. The van der Waals surface area contributed by atoms with Crippen LogP contribution in [0.4, 0.5) is 4.79 Å². The van der Waals surface area contributed by atoms with Crippen LogP contribution in [0.15, 0.2) is 24.3 Å². The Bertz CT molecular complexity index is 712. The van der Waals surface area contributed by atoms with Gasteiger partial charge >= 0.3 is 6.03 Å². The van der Waals surface area contributed by atoms with Crippen molar-refractivity contribution in [1.29, 1.82) is 0 Å². The summed E-state index contributed by atoms with van der Waals surface area (Å²) in [5, 5.41) is 6.57. The lowest BCUT2D eigenvalue weighted by Gasteiger charge is -2.26. The number of amides is 3. The van der Waals surface area contributed by atoms with Crippen LogP contribution in [-0.2, 0) is 4.79 Å². The number of urea groups is 1. The molecule has 24 heavy (non-hydrogen) atoms. The summed E-state index contributed by atoms with van der Waals surface area (Å²) >= 11 is 1.59. The second-order valence-electron chi connectivity index (χ2n) is 6.10. The molecule has 2 atom stereocenters. The minimum atomic E-state index is -0.454. The first-order valence-electron chi connectivity index (χ1n) is 8.23. The SMILES string of the molecule is C[C@H](c1nc2ccccc2s1)N(C)C(=O)N[C@H]1CCCCNC1=O. The zero-order valence-electron chi connectivity index (χ0n) is 13.9. The molecule has 3 amide bonds. The monoisotopic (exact) mass is 346 g/mol. The van der Waals surface area contributed by atoms with Gasteiger partial charge in [0.25, 0.3) is 0 Å². The van der Waals surface area contributed by atoms with Crippen LogP contribution in [0.1, 0.15) is 37.2 Å². The summed E-state index contributed by atoms with van der Waals surface area (Å²) in [6.07, 6.45) is 2.57. The fraction of sp³-hybridized carbons (Fsp3) is 0.471. The van der Waals surface area contributed by atoms with Gasteiger partial charge in [0.1, 0.15) is 11.0 Å². The van der Waals surface area contributed by atoms with Gasteiger partial charge in [0.2, 0.25) is 5.91 Å². The van der Waals surface area contributed by atoms with E-state index in [1.54, 1.807) is 23.3 Å². The predicted molar refractivity (Wildman–Crippen MR) is 95.0 cm³/mol. The Hall–Kier alpha value is -2.15. The number of carbonyl (C=O) groups excluding carboxylic acids is 2. The Morgan fingerprint density at radius 3 is 3.00 bits per heavy atom. The lowest BCUT2D eigenvalue weighted by Crippen LogP contribution is -2.49. The third kappa shape index (κ3) is 3.51. The zero-order valence-corrected chi connectivity index (χ0v) is 14.7. The van der Waals surface area contributed by atoms with E-state index < -0.39 is 6.04 Å². The highest BCUT2D eigenvalue weighted by molar-refractivity contribution is 7.18. The van der Waals surface area contributed by atoms with E-state index in [0.717, 1.165) is 28.1 Å². The van der Waals surface area contributed by atoms with Crippen molar-refractivity contribution in [3.05, 3.63) is 29.3 Å². The molecule has 1 aliphatic rings. The second kappa shape index (κ2) is 7.17. The van der Waals surface area contributed by atoms with Gasteiger partial charge in [-0.2, -0.15) is 0 Å². The van der Waals surface area contributed by atoms with Crippen LogP contribution in [0, 0.1) is 0 Å². The maximum absolute atomic E-state index is 12.5. The molecule has 2 aromatic rings. The molecular weight excluding hydrogens is 324 g/mol. The van der Waals surface area contributed by atoms with Crippen molar-refractivity contribution >= 4 is 33.5 Å². The summed E-state index contributed by atoms with van der Waals surface area (Å²) in [4.78, 5) is 30.7. The van der Waals surface area contributed by atoms with Gasteiger partial charge < -0.3 is 15.5 Å². The number of rotatable bonds is 3. The van der Waals surface area contributed by atoms with Crippen molar-refractivity contribution in [2.24, 2.45) is 0 Å². The number of fused-ring (bicyclic) bond motifs is 1. The second-order valence-corrected chi connectivity index (χ2v) is 7.16. The van der Waals surface area contributed by atoms with Gasteiger partial charge in [-0.15, -0.1) is 11.3 Å². The van der Waals surface area contributed by atoms with E-state index in [1.165, 1.54) is 0 Å². The van der Waals surface area contributed by atoms with Crippen LogP contribution in [0.2, 0.25) is 0 Å². The van der Waals surface area contributed by atoms with Crippen molar-refractivity contribution in [3.63, 3.8) is 0 Å². The fourth-order valence-corrected chi connectivity index (χ4v) is 3.80. The molecule has 1 aromatic heterocycles. The van der Waals surface area contributed by atoms with Crippen LogP contribution >= 0.6 is 11.3 Å². The molecule has 128 valence electrons. The van der Waals surface area contributed by atoms with Gasteiger partial charge in [0.05, 0.1) is 16.3 Å². The first-order valence-corrected chi connectivity index (χ1v) is 9.04. The number of nitrogens with one attached hydrogen (secondary N) is 2. The number of thiazole rings is 1. The third-order valence-corrected chi connectivity index (χ3v) is 5.61. The smallest absolute Gasteiger partial charge is 0.318 e. The van der Waals surface area contributed by atoms with E-state index in [-0.39, 0.29) is 18.0 Å². The van der Waals surface area contributed by atoms with E-state index in [1.807, 2.05) is 31.2 Å². The average molecular weight is 346 g/mol. The molecule has 0 unspecified atom stereocenters. The van der Waals surface area contributed by atoms with Crippen molar-refractivity contribution in [1.82, 2.24) is 20.5 Å². The van der Waals surface area contributed by atoms with Crippen LogP contribution in [0.25, 0.3) is 10.2 Å². The standard InChI is InChI=1S/C17H22N4O2S/c1-11(16-19-12-7-3-4-9-14(12)24-16)21(2)17(23)20-13-8-5-6-10-18-15(13)22/h3-4,7,9,11,13H,5-6,8,10H2,1-2H3,(H,18,22)(H,20,23)/t11-,13+/m1/s1. The molecule has 0 aliphatic carbocycles. The van der Waals surface area contributed by atoms with Gasteiger partial charge in [0, 0.05) is 13.6 Å². The van der Waals surface area contributed by atoms with Gasteiger partial charge in [-0.05, 0) is 38.3 Å². The summed E-state index contributed by atoms with van der Waals surface area (Å²) < 4.78 is 1.11. The highest BCUT2D eigenvalue weighted by Crippen LogP contribution is 2.28. The number of nitrogens with zero attached hydrogens (tertiary/aromatic N) is 2. The molecular formula is C17H22N4O2S. The van der Waals surface area contributed by atoms with E-state index in [2.05, 4.69) is 15.6 Å². The summed E-state index contributed by atoms with van der Waals surface area (Å²) in [7, 11) is 1.74. The first kappa shape index (κ1) is 16.7. The topological polar surface area (TPSA) is 74.3 Å². The number of benzene rings is 1. The number of hydrogen-bond acceptors (Lipinski definition) is 4. The van der Waals surface area contributed by atoms with Crippen LogP contribution in [-0.4, -0.2) is 41.5 Å². The number of carbonyl (C=O) groups is 2. The molecule has 0 radical (unpaired) electrons. The van der Waals surface area contributed by atoms with Gasteiger partial charge in [-0.3, -0.25) is 4.79 Å². The molecule has 0 spiro atoms. The highest BCUT2D eigenvalue weighted by atomic mass is 32.1. The molecule has 1 saturated heterocycles. The first-order chi connectivity index (χ1) is 11.6. The minimum Gasteiger partial charge on any atom is -0.354 e. The summed E-state index contributed by atoms with van der Waals surface area (Å²) in [6.45, 7) is 2.63. The van der Waals surface area contributed by atoms with Crippen LogP contribution < -0.4 is 10.6 Å². The van der Waals surface area contributed by atoms with E-state index >= 15 is 0 Å². The van der Waals surface area contributed by atoms with Crippen molar-refractivity contribution in [2.45, 2.75) is 38.3 Å². The molecule has 1 aromatic carbocycles. The quantitative estimate of drug-likeness (QED) is 0.897. The highest BCUT2D eigenvalue weighted by Gasteiger charge is 2.26. The number of para-hydroxylation sites is 1. The molecule has 0 bridgehead atoms. The summed E-state index contributed by atoms with van der Waals surface area (Å²) in [5.74, 6) is -0.0955. The number of hydrogen-bond donors (Lipinski definition) is 2. The molecule has 1 aliphatic heterocycles. The summed E-state index contributed by atoms with van der Waals surface area (Å²) in [5.41, 5.74) is 0.946. The summed E-state index contributed by atoms with van der Waals surface area (Å²) in [6, 6.07) is 7.08. The normalized spacial score (nSPS) is 19.4. The number of aromatic nitrogens is 1. The largest absolute Gasteiger partial charge is 0.354 e. The molecule has 6 nitrogen and oxygen atoms in total. The lowest BCUT2D eigenvalue weighted by molar-refractivity contribution is -0.122. The maximum atomic E-state index is 12.5. The van der Waals surface area contributed by atoms with E-state index in [0.29, 0.717) is 13.0 Å². The molecule has 1 fully saturated rings. The van der Waals surface area contributed by atoms with Crippen LogP contribution in [0.5, 0.6) is 0 Å². The zero-order chi connectivity index (χ0) is 17.1. The van der Waals surface area contributed by atoms with Gasteiger partial charge in [0.15, 0.2) is 0 Å². The van der Waals surface area contributed by atoms with E-state index in [4.69, 9.17) is 0 Å². The fourth-order valence-electron chi connectivity index (χ4n) is 2.74. The minimum absolute atomic E-state index is 0.0955.